The van der Waals surface area contributed by atoms with E-state index in [1.807, 2.05) is 4.90 Å². The molecule has 1 aliphatic carbocycles. The molecule has 5 heteroatoms. The first-order chi connectivity index (χ1) is 9.77. The Bertz CT molecular complexity index is 454. The first-order valence-electron chi connectivity index (χ1n) is 7.38. The Labute approximate surface area is 124 Å². The minimum atomic E-state index is -0.290. The average Bonchev–Trinajstić information content (AvgIpc) is 3.16. The normalized spacial score (nSPS) is 24.9. The van der Waals surface area contributed by atoms with E-state index in [-0.39, 0.29) is 11.7 Å². The topological polar surface area (TPSA) is 41.6 Å². The quantitative estimate of drug-likeness (QED) is 0.849. The van der Waals surface area contributed by atoms with Gasteiger partial charge in [-0.25, -0.2) is 0 Å². The maximum Gasteiger partial charge on any atom is 0.244 e. The number of carbonyl (C=O) groups is 1. The zero-order chi connectivity index (χ0) is 14.0. The number of thiophene rings is 1. The summed E-state index contributed by atoms with van der Waals surface area (Å²) < 4.78 is 5.12. The number of ether oxygens (including phenoxy) is 1. The summed E-state index contributed by atoms with van der Waals surface area (Å²) in [5, 5.41) is 5.72. The lowest BCUT2D eigenvalue weighted by molar-refractivity contribution is -0.133. The van der Waals surface area contributed by atoms with Crippen molar-refractivity contribution in [3.8, 4) is 0 Å². The maximum absolute atomic E-state index is 12.9. The summed E-state index contributed by atoms with van der Waals surface area (Å²) in [7, 11) is 1.71. The summed E-state index contributed by atoms with van der Waals surface area (Å²) in [6.07, 6.45) is 5.21. The molecule has 1 N–H and O–H groups in total. The second kappa shape index (κ2) is 5.84. The number of nitrogens with zero attached hydrogens (tertiary/aromatic N) is 1. The van der Waals surface area contributed by atoms with E-state index >= 15 is 0 Å². The summed E-state index contributed by atoms with van der Waals surface area (Å²) in [6, 6.07) is 4.17. The third kappa shape index (κ3) is 2.38. The van der Waals surface area contributed by atoms with E-state index in [4.69, 9.17) is 4.74 Å². The van der Waals surface area contributed by atoms with Gasteiger partial charge < -0.3 is 9.64 Å². The summed E-state index contributed by atoms with van der Waals surface area (Å²) in [4.78, 5) is 16.1. The third-order valence-corrected chi connectivity index (χ3v) is 5.34. The summed E-state index contributed by atoms with van der Waals surface area (Å²) in [6.45, 7) is 1.47. The van der Waals surface area contributed by atoms with Gasteiger partial charge in [-0.2, -0.15) is 0 Å². The third-order valence-electron chi connectivity index (χ3n) is 4.41. The number of hydrogen-bond donors (Lipinski definition) is 1. The van der Waals surface area contributed by atoms with E-state index in [2.05, 4.69) is 22.8 Å². The molecule has 2 aliphatic rings. The molecule has 1 aromatic rings. The van der Waals surface area contributed by atoms with E-state index in [1.54, 1.807) is 18.4 Å². The van der Waals surface area contributed by atoms with Gasteiger partial charge in [0, 0.05) is 25.1 Å². The highest BCUT2D eigenvalue weighted by Crippen LogP contribution is 2.41. The second-order valence-corrected chi connectivity index (χ2v) is 6.68. The molecule has 1 amide bonds. The molecule has 1 saturated carbocycles. The fraction of sp³-hybridized carbons (Fsp3) is 0.667. The number of rotatable bonds is 5. The van der Waals surface area contributed by atoms with E-state index in [1.165, 1.54) is 4.88 Å². The number of amides is 1. The fourth-order valence-corrected chi connectivity index (χ4v) is 4.20. The van der Waals surface area contributed by atoms with Crippen LogP contribution in [-0.4, -0.2) is 36.6 Å². The van der Waals surface area contributed by atoms with Crippen molar-refractivity contribution in [2.75, 3.05) is 20.3 Å². The van der Waals surface area contributed by atoms with E-state index in [9.17, 15) is 4.79 Å². The minimum Gasteiger partial charge on any atom is -0.385 e. The second-order valence-electron chi connectivity index (χ2n) is 5.70. The number of nitrogens with one attached hydrogen (secondary N) is 1. The zero-order valence-corrected chi connectivity index (χ0v) is 12.7. The molecule has 0 aromatic carbocycles. The van der Waals surface area contributed by atoms with Crippen LogP contribution in [0, 0.1) is 0 Å². The lowest BCUT2D eigenvalue weighted by atomic mass is 9.98. The fourth-order valence-electron chi connectivity index (χ4n) is 3.41. The lowest BCUT2D eigenvalue weighted by Gasteiger charge is -2.23. The zero-order valence-electron chi connectivity index (χ0n) is 11.9. The Morgan fingerprint density at radius 3 is 2.95 bits per heavy atom. The molecular weight excluding hydrogens is 272 g/mol. The van der Waals surface area contributed by atoms with Crippen molar-refractivity contribution < 1.29 is 9.53 Å². The van der Waals surface area contributed by atoms with Crippen molar-refractivity contribution >= 4 is 17.2 Å². The number of hydrogen-bond acceptors (Lipinski definition) is 4. The smallest absolute Gasteiger partial charge is 0.244 e. The van der Waals surface area contributed by atoms with E-state index in [0.717, 1.165) is 38.6 Å². The largest absolute Gasteiger partial charge is 0.385 e. The summed E-state index contributed by atoms with van der Waals surface area (Å²) in [5.41, 5.74) is -0.290. The van der Waals surface area contributed by atoms with Gasteiger partial charge in [0.05, 0.1) is 5.54 Å². The van der Waals surface area contributed by atoms with Gasteiger partial charge in [-0.15, -0.1) is 11.3 Å². The maximum atomic E-state index is 12.9. The number of methoxy groups -OCH3 is 1. The molecule has 1 spiro atoms. The van der Waals surface area contributed by atoms with Crippen molar-refractivity contribution in [1.29, 1.82) is 0 Å². The van der Waals surface area contributed by atoms with Gasteiger partial charge in [0.15, 0.2) is 0 Å². The first kappa shape index (κ1) is 14.0. The summed E-state index contributed by atoms with van der Waals surface area (Å²) in [5.74, 6) is 0.296. The molecule has 2 heterocycles. The minimum absolute atomic E-state index is 0.0532. The van der Waals surface area contributed by atoms with Crippen LogP contribution in [0.25, 0.3) is 0 Å². The van der Waals surface area contributed by atoms with Crippen LogP contribution in [0.1, 0.15) is 43.1 Å². The number of carbonyl (C=O) groups excluding carboxylic acids is 1. The molecule has 1 aliphatic heterocycles. The van der Waals surface area contributed by atoms with Crippen LogP contribution < -0.4 is 5.32 Å². The van der Waals surface area contributed by atoms with Gasteiger partial charge in [-0.05, 0) is 30.7 Å². The Morgan fingerprint density at radius 2 is 2.30 bits per heavy atom. The Balaban J connectivity index is 1.80. The monoisotopic (exact) mass is 294 g/mol. The highest BCUT2D eigenvalue weighted by Gasteiger charge is 2.52. The van der Waals surface area contributed by atoms with Gasteiger partial charge in [-0.3, -0.25) is 10.1 Å². The molecule has 4 nitrogen and oxygen atoms in total. The van der Waals surface area contributed by atoms with Crippen molar-refractivity contribution in [2.45, 2.75) is 43.8 Å². The van der Waals surface area contributed by atoms with Gasteiger partial charge >= 0.3 is 0 Å². The molecule has 0 radical (unpaired) electrons. The highest BCUT2D eigenvalue weighted by molar-refractivity contribution is 7.10. The molecule has 1 atom stereocenters. The molecule has 20 heavy (non-hydrogen) atoms. The van der Waals surface area contributed by atoms with Crippen LogP contribution in [0.15, 0.2) is 17.5 Å². The van der Waals surface area contributed by atoms with Gasteiger partial charge in [0.1, 0.15) is 6.17 Å². The van der Waals surface area contributed by atoms with Crippen molar-refractivity contribution in [2.24, 2.45) is 0 Å². The van der Waals surface area contributed by atoms with Crippen LogP contribution in [0.4, 0.5) is 0 Å². The Kier molecular flexibility index (Phi) is 4.10. The van der Waals surface area contributed by atoms with Gasteiger partial charge in [-0.1, -0.05) is 18.9 Å². The average molecular weight is 294 g/mol. The molecular formula is C15H22N2O2S. The van der Waals surface area contributed by atoms with Crippen molar-refractivity contribution in [3.63, 3.8) is 0 Å². The molecule has 0 bridgehead atoms. The van der Waals surface area contributed by atoms with Crippen molar-refractivity contribution in [3.05, 3.63) is 22.4 Å². The molecule has 110 valence electrons. The first-order valence-corrected chi connectivity index (χ1v) is 8.26. The lowest BCUT2D eigenvalue weighted by Crippen LogP contribution is -2.44. The predicted molar refractivity (Wildman–Crippen MR) is 79.6 cm³/mol. The predicted octanol–water partition coefficient (Wildman–Crippen LogP) is 2.53. The van der Waals surface area contributed by atoms with Crippen LogP contribution in [0.5, 0.6) is 0 Å². The molecule has 3 rings (SSSR count). The van der Waals surface area contributed by atoms with Gasteiger partial charge in [0.2, 0.25) is 5.91 Å². The molecule has 1 saturated heterocycles. The molecule has 1 aromatic heterocycles. The summed E-state index contributed by atoms with van der Waals surface area (Å²) >= 11 is 1.72. The Morgan fingerprint density at radius 1 is 1.50 bits per heavy atom. The van der Waals surface area contributed by atoms with Crippen LogP contribution >= 0.6 is 11.3 Å². The molecule has 1 unspecified atom stereocenters. The van der Waals surface area contributed by atoms with Crippen molar-refractivity contribution in [1.82, 2.24) is 10.2 Å². The molecule has 2 fully saturated rings. The van der Waals surface area contributed by atoms with E-state index in [0.29, 0.717) is 12.5 Å². The standard InChI is InChI=1S/C15H22N2O2S/c1-19-10-5-9-17-13(12-6-4-11-20-12)16-15(14(17)18)7-2-3-8-15/h4,6,11,13,16H,2-3,5,7-10H2,1H3. The van der Waals surface area contributed by atoms with Crippen LogP contribution in [0.2, 0.25) is 0 Å². The van der Waals surface area contributed by atoms with Gasteiger partial charge in [0.25, 0.3) is 0 Å². The van der Waals surface area contributed by atoms with E-state index < -0.39 is 0 Å². The SMILES string of the molecule is COCCCN1C(=O)C2(CCCC2)NC1c1cccs1. The highest BCUT2D eigenvalue weighted by atomic mass is 32.1. The van der Waals surface area contributed by atoms with Crippen LogP contribution in [-0.2, 0) is 9.53 Å². The Hall–Kier alpha value is -0.910. The van der Waals surface area contributed by atoms with Crippen LogP contribution in [0.3, 0.4) is 0 Å².